The summed E-state index contributed by atoms with van der Waals surface area (Å²) in [5, 5.41) is 12.1. The normalized spacial score (nSPS) is 18.6. The smallest absolute Gasteiger partial charge is 0.245 e. The summed E-state index contributed by atoms with van der Waals surface area (Å²) in [6, 6.07) is 17.1. The molecule has 1 aliphatic carbocycles. The number of nitrogens with zero attached hydrogens (tertiary/aromatic N) is 2. The number of amides is 5. The molecule has 3 aliphatic rings. The van der Waals surface area contributed by atoms with Gasteiger partial charge in [-0.05, 0) is 68.0 Å². The van der Waals surface area contributed by atoms with Gasteiger partial charge in [0.15, 0.2) is 0 Å². The van der Waals surface area contributed by atoms with Crippen LogP contribution in [0.15, 0.2) is 60.7 Å². The first kappa shape index (κ1) is 39.9. The third kappa shape index (κ3) is 11.9. The van der Waals surface area contributed by atoms with Crippen molar-refractivity contribution in [2.75, 3.05) is 45.8 Å². The lowest BCUT2D eigenvalue weighted by Crippen LogP contribution is -2.65. The van der Waals surface area contributed by atoms with Crippen LogP contribution in [-0.2, 0) is 30.4 Å². The molecule has 12 nitrogen and oxygen atoms in total. The maximum absolute atomic E-state index is 14.0. The maximum Gasteiger partial charge on any atom is 0.245 e. The fourth-order valence-electron chi connectivity index (χ4n) is 7.57. The SMILES string of the molecule is CC(=O)N1CCC2(CC1)CN(C(=O)[C@@H](CCCCN)NC(=O)[C@@H](CC1CC1)NC(=O)[C@@H](Cc1ccccc1)NC(=O)CNC[C@H](C)c1ccccc1)C2. The Bertz CT molecular complexity index is 1520. The Morgan fingerprint density at radius 2 is 1.43 bits per heavy atom. The Hall–Kier alpha value is -4.29. The highest BCUT2D eigenvalue weighted by molar-refractivity contribution is 5.94. The number of nitrogens with two attached hydrogens (primary N) is 1. The zero-order chi connectivity index (χ0) is 37.8. The first-order chi connectivity index (χ1) is 25.6. The van der Waals surface area contributed by atoms with E-state index in [-0.39, 0.29) is 47.9 Å². The molecule has 12 heteroatoms. The van der Waals surface area contributed by atoms with Gasteiger partial charge in [0.2, 0.25) is 29.5 Å². The molecular formula is C41H59N7O5. The number of hydrogen-bond acceptors (Lipinski definition) is 7. The number of benzene rings is 2. The number of rotatable bonds is 19. The number of hydrogen-bond donors (Lipinski definition) is 5. The molecule has 0 radical (unpaired) electrons. The van der Waals surface area contributed by atoms with Crippen LogP contribution in [0.4, 0.5) is 0 Å². The van der Waals surface area contributed by atoms with Crippen molar-refractivity contribution in [3.05, 3.63) is 71.8 Å². The second-order valence-corrected chi connectivity index (χ2v) is 15.5. The third-order valence-electron chi connectivity index (χ3n) is 11.1. The summed E-state index contributed by atoms with van der Waals surface area (Å²) in [6.45, 7) is 7.44. The van der Waals surface area contributed by atoms with Crippen LogP contribution in [0, 0.1) is 11.3 Å². The summed E-state index contributed by atoms with van der Waals surface area (Å²) in [6.07, 6.45) is 6.27. The fourth-order valence-corrected chi connectivity index (χ4v) is 7.57. The number of piperidine rings is 1. The number of carbonyl (C=O) groups is 5. The second kappa shape index (κ2) is 19.2. The monoisotopic (exact) mass is 729 g/mol. The highest BCUT2D eigenvalue weighted by Crippen LogP contribution is 2.41. The first-order valence-electron chi connectivity index (χ1n) is 19.5. The number of carbonyl (C=O) groups excluding carboxylic acids is 5. The average molecular weight is 730 g/mol. The summed E-state index contributed by atoms with van der Waals surface area (Å²) in [5.41, 5.74) is 7.84. The minimum Gasteiger partial charge on any atom is -0.343 e. The molecule has 2 heterocycles. The van der Waals surface area contributed by atoms with Crippen LogP contribution in [0.1, 0.15) is 82.3 Å². The lowest BCUT2D eigenvalue weighted by molar-refractivity contribution is -0.153. The molecule has 4 atom stereocenters. The lowest BCUT2D eigenvalue weighted by Gasteiger charge is -2.54. The summed E-state index contributed by atoms with van der Waals surface area (Å²) in [4.78, 5) is 70.5. The van der Waals surface area contributed by atoms with Crippen LogP contribution in [0.2, 0.25) is 0 Å². The van der Waals surface area contributed by atoms with Crippen LogP contribution in [0.5, 0.6) is 0 Å². The zero-order valence-electron chi connectivity index (χ0n) is 31.5. The Kier molecular flexibility index (Phi) is 14.4. The molecule has 3 fully saturated rings. The van der Waals surface area contributed by atoms with Gasteiger partial charge in [0.1, 0.15) is 18.1 Å². The van der Waals surface area contributed by atoms with Crippen LogP contribution >= 0.6 is 0 Å². The molecule has 0 unspecified atom stereocenters. The molecule has 1 spiro atoms. The predicted molar refractivity (Wildman–Crippen MR) is 204 cm³/mol. The zero-order valence-corrected chi connectivity index (χ0v) is 31.5. The fraction of sp³-hybridized carbons (Fsp3) is 0.585. The molecule has 2 saturated heterocycles. The van der Waals surface area contributed by atoms with Crippen LogP contribution in [-0.4, -0.2) is 103 Å². The van der Waals surface area contributed by atoms with Crippen molar-refractivity contribution in [1.82, 2.24) is 31.1 Å². The van der Waals surface area contributed by atoms with E-state index in [0.717, 1.165) is 37.7 Å². The van der Waals surface area contributed by atoms with Gasteiger partial charge in [-0.15, -0.1) is 0 Å². The van der Waals surface area contributed by atoms with Gasteiger partial charge in [0, 0.05) is 51.5 Å². The van der Waals surface area contributed by atoms with E-state index in [4.69, 9.17) is 5.73 Å². The number of unbranched alkanes of at least 4 members (excludes halogenated alkanes) is 1. The van der Waals surface area contributed by atoms with E-state index in [1.54, 1.807) is 6.92 Å². The van der Waals surface area contributed by atoms with E-state index in [0.29, 0.717) is 64.4 Å². The predicted octanol–water partition coefficient (Wildman–Crippen LogP) is 2.48. The van der Waals surface area contributed by atoms with E-state index in [1.807, 2.05) is 58.3 Å². The van der Waals surface area contributed by atoms with Gasteiger partial charge in [-0.2, -0.15) is 0 Å². The number of nitrogens with one attached hydrogen (secondary N) is 4. The van der Waals surface area contributed by atoms with Crippen molar-refractivity contribution in [2.24, 2.45) is 17.1 Å². The van der Waals surface area contributed by atoms with Crippen LogP contribution in [0.3, 0.4) is 0 Å². The van der Waals surface area contributed by atoms with Gasteiger partial charge in [-0.3, -0.25) is 24.0 Å². The second-order valence-electron chi connectivity index (χ2n) is 15.5. The number of likely N-dealkylation sites (tertiary alicyclic amines) is 2. The summed E-state index contributed by atoms with van der Waals surface area (Å²) >= 11 is 0. The highest BCUT2D eigenvalue weighted by atomic mass is 16.2. The van der Waals surface area contributed by atoms with E-state index < -0.39 is 24.0 Å². The molecule has 0 bridgehead atoms. The molecule has 5 amide bonds. The minimum atomic E-state index is -0.901. The van der Waals surface area contributed by atoms with E-state index in [2.05, 4.69) is 40.3 Å². The Labute approximate surface area is 314 Å². The minimum absolute atomic E-state index is 0.0176. The van der Waals surface area contributed by atoms with Gasteiger partial charge in [0.05, 0.1) is 6.54 Å². The molecule has 53 heavy (non-hydrogen) atoms. The molecule has 6 N–H and O–H groups in total. The summed E-state index contributed by atoms with van der Waals surface area (Å²) in [7, 11) is 0. The van der Waals surface area contributed by atoms with Crippen molar-refractivity contribution < 1.29 is 24.0 Å². The molecule has 1 saturated carbocycles. The van der Waals surface area contributed by atoms with Gasteiger partial charge in [-0.1, -0.05) is 80.4 Å². The van der Waals surface area contributed by atoms with Gasteiger partial charge in [-0.25, -0.2) is 0 Å². The Morgan fingerprint density at radius 3 is 2.06 bits per heavy atom. The van der Waals surface area contributed by atoms with E-state index in [9.17, 15) is 24.0 Å². The largest absolute Gasteiger partial charge is 0.343 e. The molecular weight excluding hydrogens is 670 g/mol. The van der Waals surface area contributed by atoms with E-state index in [1.165, 1.54) is 5.56 Å². The standard InChI is InChI=1S/C41H59N7O5/c1-29(33-13-7-4-8-14-33)25-43-26-37(50)44-35(23-31-11-5-3-6-12-31)38(51)46-36(24-32-16-17-32)39(52)45-34(15-9-10-20-42)40(53)48-27-41(28-48)18-21-47(22-19-41)30(2)49/h3-8,11-14,29,32,34-36,43H,9-10,15-28,42H2,1-2H3,(H,44,50)(H,45,52)(H,46,51)/t29-,34+,35+,36+/m0/s1. The van der Waals surface area contributed by atoms with Crippen molar-refractivity contribution in [1.29, 1.82) is 0 Å². The average Bonchev–Trinajstić information content (AvgIpc) is 3.97. The first-order valence-corrected chi connectivity index (χ1v) is 19.5. The Morgan fingerprint density at radius 1 is 0.811 bits per heavy atom. The molecule has 2 aromatic carbocycles. The van der Waals surface area contributed by atoms with Crippen LogP contribution in [0.25, 0.3) is 0 Å². The molecule has 5 rings (SSSR count). The summed E-state index contributed by atoms with van der Waals surface area (Å²) < 4.78 is 0. The lowest BCUT2D eigenvalue weighted by atomic mass is 9.71. The molecule has 0 aromatic heterocycles. The van der Waals surface area contributed by atoms with Gasteiger partial charge < -0.3 is 36.8 Å². The highest BCUT2D eigenvalue weighted by Gasteiger charge is 2.48. The maximum atomic E-state index is 14.0. The summed E-state index contributed by atoms with van der Waals surface area (Å²) in [5.74, 6) is -0.655. The van der Waals surface area contributed by atoms with Crippen LogP contribution < -0.4 is 27.0 Å². The molecule has 2 aliphatic heterocycles. The van der Waals surface area contributed by atoms with Gasteiger partial charge in [0.25, 0.3) is 0 Å². The van der Waals surface area contributed by atoms with E-state index >= 15 is 0 Å². The molecule has 2 aromatic rings. The van der Waals surface area contributed by atoms with Crippen molar-refractivity contribution in [2.45, 2.75) is 95.7 Å². The van der Waals surface area contributed by atoms with Crippen molar-refractivity contribution in [3.63, 3.8) is 0 Å². The van der Waals surface area contributed by atoms with Gasteiger partial charge >= 0.3 is 0 Å². The van der Waals surface area contributed by atoms with Crippen molar-refractivity contribution >= 4 is 29.5 Å². The Balaban J connectivity index is 1.21. The quantitative estimate of drug-likeness (QED) is 0.139. The third-order valence-corrected chi connectivity index (χ3v) is 11.1. The topological polar surface area (TPSA) is 166 Å². The van der Waals surface area contributed by atoms with Crippen molar-refractivity contribution in [3.8, 4) is 0 Å². The molecule has 288 valence electrons.